The van der Waals surface area contributed by atoms with Crippen LogP contribution < -0.4 is 9.47 Å². The van der Waals surface area contributed by atoms with Crippen molar-refractivity contribution in [3.05, 3.63) is 35.4 Å². The lowest BCUT2D eigenvalue weighted by Crippen LogP contribution is -2.61. The summed E-state index contributed by atoms with van der Waals surface area (Å²) in [6, 6.07) is 4.47. The Balaban J connectivity index is 1.65. The molecule has 0 bridgehead atoms. The van der Waals surface area contributed by atoms with E-state index in [9.17, 15) is 45.6 Å². The Kier molecular flexibility index (Phi) is 6.05. The Morgan fingerprint density at radius 2 is 1.62 bits per heavy atom. The van der Waals surface area contributed by atoms with Crippen LogP contribution in [-0.4, -0.2) is 88.7 Å². The number of carboxylic acid groups (broad SMARTS) is 1. The molecule has 0 spiro atoms. The number of carbonyl (C=O) groups is 1. The number of aliphatic hydroxyl groups excluding tert-OH is 4. The lowest BCUT2D eigenvalue weighted by atomic mass is 9.93. The number of ether oxygens (including phenoxy) is 3. The fourth-order valence-corrected chi connectivity index (χ4v) is 3.89. The molecule has 0 aliphatic carbocycles. The molecule has 7 unspecified atom stereocenters. The van der Waals surface area contributed by atoms with Crippen molar-refractivity contribution in [3.8, 4) is 34.5 Å². The van der Waals surface area contributed by atoms with Crippen LogP contribution in [0, 0.1) is 0 Å². The highest BCUT2D eigenvalue weighted by Crippen LogP contribution is 2.45. The summed E-state index contributed by atoms with van der Waals surface area (Å²) in [4.78, 5) is 11.3. The third-order valence-corrected chi connectivity index (χ3v) is 5.65. The molecule has 4 rings (SSSR count). The summed E-state index contributed by atoms with van der Waals surface area (Å²) in [5.74, 6) is -4.23. The van der Waals surface area contributed by atoms with E-state index < -0.39 is 66.1 Å². The second-order valence-electron chi connectivity index (χ2n) is 7.99. The van der Waals surface area contributed by atoms with Gasteiger partial charge < -0.3 is 60.2 Å². The number of phenols is 4. The van der Waals surface area contributed by atoms with Gasteiger partial charge in [0.1, 0.15) is 35.6 Å². The van der Waals surface area contributed by atoms with Crippen LogP contribution in [0.25, 0.3) is 0 Å². The third-order valence-electron chi connectivity index (χ3n) is 5.65. The predicted molar refractivity (Wildman–Crippen MR) is 108 cm³/mol. The largest absolute Gasteiger partial charge is 0.508 e. The molecule has 2 aliphatic heterocycles. The first-order valence-electron chi connectivity index (χ1n) is 10.0. The number of benzene rings is 2. The van der Waals surface area contributed by atoms with Crippen LogP contribution in [0.1, 0.15) is 17.2 Å². The van der Waals surface area contributed by atoms with Crippen molar-refractivity contribution < 1.29 is 65.0 Å². The molecule has 0 radical (unpaired) electrons. The normalized spacial score (nSPS) is 30.8. The summed E-state index contributed by atoms with van der Waals surface area (Å²) in [5.41, 5.74) is 0.305. The lowest BCUT2D eigenvalue weighted by Gasteiger charge is -2.38. The maximum Gasteiger partial charge on any atom is 0.335 e. The molecule has 9 N–H and O–H groups in total. The molecule has 13 heteroatoms. The summed E-state index contributed by atoms with van der Waals surface area (Å²) in [6.45, 7) is 0. The van der Waals surface area contributed by atoms with E-state index in [-0.39, 0.29) is 34.8 Å². The molecule has 0 amide bonds. The average molecular weight is 482 g/mol. The van der Waals surface area contributed by atoms with Crippen LogP contribution in [0.2, 0.25) is 0 Å². The van der Waals surface area contributed by atoms with Crippen LogP contribution >= 0.6 is 0 Å². The topological polar surface area (TPSA) is 227 Å². The first-order chi connectivity index (χ1) is 16.0. The van der Waals surface area contributed by atoms with Gasteiger partial charge in [-0.2, -0.15) is 0 Å². The molecule has 0 saturated carbocycles. The number of fused-ring (bicyclic) bond motifs is 1. The average Bonchev–Trinajstić information content (AvgIpc) is 2.76. The van der Waals surface area contributed by atoms with Crippen molar-refractivity contribution in [1.82, 2.24) is 0 Å². The van der Waals surface area contributed by atoms with Crippen molar-refractivity contribution >= 4 is 5.97 Å². The number of aromatic hydroxyl groups is 4. The zero-order valence-corrected chi connectivity index (χ0v) is 17.2. The maximum absolute atomic E-state index is 11.3. The number of rotatable bonds is 4. The Labute approximate surface area is 190 Å². The van der Waals surface area contributed by atoms with Crippen molar-refractivity contribution in [2.24, 2.45) is 0 Å². The Bertz CT molecular complexity index is 1100. The SMILES string of the molecule is O=C(O)C1OC(Oc2cc(C3Oc4cc(O)cc(O)c4CC3O)cc(O)c2O)C(O)C(O)C1O. The molecule has 1 saturated heterocycles. The van der Waals surface area contributed by atoms with Crippen LogP contribution in [0.5, 0.6) is 34.5 Å². The minimum atomic E-state index is -1.96. The molecule has 2 aliphatic rings. The lowest BCUT2D eigenvalue weighted by molar-refractivity contribution is -0.271. The number of hydrogen-bond acceptors (Lipinski definition) is 12. The Morgan fingerprint density at radius 3 is 2.29 bits per heavy atom. The molecular weight excluding hydrogens is 460 g/mol. The van der Waals surface area contributed by atoms with Gasteiger partial charge in [-0.15, -0.1) is 0 Å². The van der Waals surface area contributed by atoms with Crippen LogP contribution in [0.3, 0.4) is 0 Å². The summed E-state index contributed by atoms with van der Waals surface area (Å²) in [7, 11) is 0. The Morgan fingerprint density at radius 1 is 0.912 bits per heavy atom. The maximum atomic E-state index is 11.3. The van der Waals surface area contributed by atoms with Crippen LogP contribution in [0.4, 0.5) is 0 Å². The summed E-state index contributed by atoms with van der Waals surface area (Å²) >= 11 is 0. The molecule has 1 fully saturated rings. The van der Waals surface area contributed by atoms with Gasteiger partial charge in [-0.05, 0) is 12.1 Å². The first kappa shape index (κ1) is 23.7. The zero-order valence-electron chi connectivity index (χ0n) is 17.2. The first-order valence-corrected chi connectivity index (χ1v) is 10.0. The quantitative estimate of drug-likeness (QED) is 0.234. The van der Waals surface area contributed by atoms with Gasteiger partial charge in [0.15, 0.2) is 23.7 Å². The molecule has 184 valence electrons. The number of aliphatic carboxylic acids is 1. The van der Waals surface area contributed by atoms with E-state index in [1.54, 1.807) is 0 Å². The molecule has 2 heterocycles. The van der Waals surface area contributed by atoms with E-state index >= 15 is 0 Å². The molecular formula is C21H22O13. The van der Waals surface area contributed by atoms with E-state index in [0.717, 1.165) is 18.2 Å². The van der Waals surface area contributed by atoms with Gasteiger partial charge in [0.2, 0.25) is 12.0 Å². The minimum Gasteiger partial charge on any atom is -0.508 e. The molecule has 2 aromatic carbocycles. The molecule has 0 aromatic heterocycles. The zero-order chi connectivity index (χ0) is 24.9. The minimum absolute atomic E-state index is 0.0620. The highest BCUT2D eigenvalue weighted by molar-refractivity contribution is 5.73. The van der Waals surface area contributed by atoms with E-state index in [2.05, 4.69) is 0 Å². The van der Waals surface area contributed by atoms with Gasteiger partial charge in [-0.3, -0.25) is 0 Å². The van der Waals surface area contributed by atoms with Gasteiger partial charge >= 0.3 is 5.97 Å². The number of phenolic OH excluding ortho intramolecular Hbond substituents is 4. The van der Waals surface area contributed by atoms with E-state index in [0.29, 0.717) is 0 Å². The number of hydrogen-bond donors (Lipinski definition) is 9. The Hall–Kier alpha value is -3.49. The van der Waals surface area contributed by atoms with Crippen molar-refractivity contribution in [2.45, 2.75) is 49.3 Å². The molecule has 2 aromatic rings. The second kappa shape index (κ2) is 8.70. The summed E-state index contributed by atoms with van der Waals surface area (Å²) < 4.78 is 16.0. The van der Waals surface area contributed by atoms with Crippen LogP contribution in [0.15, 0.2) is 24.3 Å². The monoisotopic (exact) mass is 482 g/mol. The second-order valence-corrected chi connectivity index (χ2v) is 7.99. The van der Waals surface area contributed by atoms with Gasteiger partial charge in [0.25, 0.3) is 0 Å². The fourth-order valence-electron chi connectivity index (χ4n) is 3.89. The number of aliphatic hydroxyl groups is 4. The third kappa shape index (κ3) is 4.10. The van der Waals surface area contributed by atoms with Gasteiger partial charge in [0, 0.05) is 29.7 Å². The van der Waals surface area contributed by atoms with Crippen molar-refractivity contribution in [1.29, 1.82) is 0 Å². The summed E-state index contributed by atoms with van der Waals surface area (Å²) in [6.07, 6.45) is -12.2. The predicted octanol–water partition coefficient (Wildman–Crippen LogP) is -1.18. The summed E-state index contributed by atoms with van der Waals surface area (Å²) in [5, 5.41) is 89.7. The van der Waals surface area contributed by atoms with Gasteiger partial charge in [-0.25, -0.2) is 4.79 Å². The van der Waals surface area contributed by atoms with Crippen molar-refractivity contribution in [2.75, 3.05) is 0 Å². The smallest absolute Gasteiger partial charge is 0.335 e. The highest BCUT2D eigenvalue weighted by Gasteiger charge is 2.48. The van der Waals surface area contributed by atoms with E-state index in [1.807, 2.05) is 0 Å². The van der Waals surface area contributed by atoms with E-state index in [1.165, 1.54) is 6.07 Å². The molecule has 7 atom stereocenters. The van der Waals surface area contributed by atoms with E-state index in [4.69, 9.17) is 19.3 Å². The standard InChI is InChI=1S/C21H22O13/c22-7-3-9(23)8-5-11(25)18(32-12(8)4-7)6-1-10(24)14(26)13(2-6)33-21-17(29)15(27)16(28)19(34-21)20(30)31/h1-4,11,15-19,21-29H,5H2,(H,30,31). The molecule has 34 heavy (non-hydrogen) atoms. The van der Waals surface area contributed by atoms with Crippen LogP contribution in [-0.2, 0) is 16.0 Å². The highest BCUT2D eigenvalue weighted by atomic mass is 16.7. The molecule has 13 nitrogen and oxygen atoms in total. The van der Waals surface area contributed by atoms with Crippen molar-refractivity contribution in [3.63, 3.8) is 0 Å². The van der Waals surface area contributed by atoms with Gasteiger partial charge in [-0.1, -0.05) is 0 Å². The fraction of sp³-hybridized carbons (Fsp3) is 0.381. The number of carboxylic acids is 1. The van der Waals surface area contributed by atoms with Gasteiger partial charge in [0.05, 0.1) is 6.10 Å².